The zero-order chi connectivity index (χ0) is 13.3. The summed E-state index contributed by atoms with van der Waals surface area (Å²) >= 11 is 3.22. The molecule has 0 aliphatic carbocycles. The fourth-order valence-electron chi connectivity index (χ4n) is 1.38. The summed E-state index contributed by atoms with van der Waals surface area (Å²) in [5.41, 5.74) is 1.04. The highest BCUT2D eigenvalue weighted by atomic mass is 79.9. The molecule has 0 saturated carbocycles. The van der Waals surface area contributed by atoms with Crippen molar-refractivity contribution in [3.63, 3.8) is 0 Å². The van der Waals surface area contributed by atoms with E-state index in [-0.39, 0.29) is 4.90 Å². The maximum atomic E-state index is 12.0. The second-order valence-electron chi connectivity index (χ2n) is 3.72. The summed E-state index contributed by atoms with van der Waals surface area (Å²) in [6.45, 7) is 1.73. The maximum Gasteiger partial charge on any atom is 0.265 e. The predicted octanol–water partition coefficient (Wildman–Crippen LogP) is 1.69. The van der Waals surface area contributed by atoms with E-state index in [2.05, 4.69) is 30.7 Å². The fraction of sp³-hybridized carbons (Fsp3) is 0.200. The Morgan fingerprint density at radius 3 is 2.67 bits per heavy atom. The Bertz CT molecular complexity index is 681. The Kier molecular flexibility index (Phi) is 3.40. The molecule has 6 nitrogen and oxygen atoms in total. The lowest BCUT2D eigenvalue weighted by atomic mass is 10.3. The van der Waals surface area contributed by atoms with E-state index < -0.39 is 10.0 Å². The molecule has 0 aromatic carbocycles. The summed E-state index contributed by atoms with van der Waals surface area (Å²) in [6.07, 6.45) is 2.73. The molecule has 0 saturated heterocycles. The Labute approximate surface area is 113 Å². The number of sulfonamides is 1. The van der Waals surface area contributed by atoms with E-state index in [4.69, 9.17) is 0 Å². The molecule has 2 aromatic heterocycles. The van der Waals surface area contributed by atoms with Crippen LogP contribution in [0.25, 0.3) is 0 Å². The largest absolute Gasteiger partial charge is 0.278 e. The topological polar surface area (TPSA) is 76.9 Å². The van der Waals surface area contributed by atoms with Crippen molar-refractivity contribution in [1.29, 1.82) is 0 Å². The van der Waals surface area contributed by atoms with Crippen molar-refractivity contribution >= 4 is 31.6 Å². The lowest BCUT2D eigenvalue weighted by Gasteiger charge is -2.08. The van der Waals surface area contributed by atoms with Crippen molar-refractivity contribution in [2.45, 2.75) is 11.8 Å². The number of nitrogens with zero attached hydrogens (tertiary/aromatic N) is 3. The van der Waals surface area contributed by atoms with Gasteiger partial charge in [-0.05, 0) is 35.0 Å². The molecule has 0 spiro atoms. The van der Waals surface area contributed by atoms with Gasteiger partial charge in [0, 0.05) is 13.2 Å². The van der Waals surface area contributed by atoms with Crippen LogP contribution in [0.1, 0.15) is 5.69 Å². The number of pyridine rings is 1. The van der Waals surface area contributed by atoms with E-state index in [0.29, 0.717) is 16.0 Å². The summed E-state index contributed by atoms with van der Waals surface area (Å²) in [5.74, 6) is 0. The summed E-state index contributed by atoms with van der Waals surface area (Å²) in [7, 11) is -1.96. The van der Waals surface area contributed by atoms with Crippen LogP contribution in [0.3, 0.4) is 0 Å². The van der Waals surface area contributed by atoms with Crippen molar-refractivity contribution in [1.82, 2.24) is 14.8 Å². The average molecular weight is 331 g/mol. The van der Waals surface area contributed by atoms with Gasteiger partial charge >= 0.3 is 0 Å². The van der Waals surface area contributed by atoms with Gasteiger partial charge in [-0.15, -0.1) is 0 Å². The first-order valence-corrected chi connectivity index (χ1v) is 7.31. The number of aromatic nitrogens is 3. The van der Waals surface area contributed by atoms with E-state index >= 15 is 0 Å². The minimum Gasteiger partial charge on any atom is -0.278 e. The minimum atomic E-state index is -3.62. The predicted molar refractivity (Wildman–Crippen MR) is 70.7 cm³/mol. The highest BCUT2D eigenvalue weighted by Gasteiger charge is 2.17. The summed E-state index contributed by atoms with van der Waals surface area (Å²) in [6, 6.07) is 3.33. The molecule has 0 amide bonds. The SMILES string of the molecule is Cc1nc(Br)ccc1NS(=O)(=O)c1cnn(C)c1. The van der Waals surface area contributed by atoms with E-state index in [1.165, 1.54) is 17.1 Å². The van der Waals surface area contributed by atoms with Crippen molar-refractivity contribution in [3.05, 3.63) is 34.8 Å². The molecule has 0 aliphatic heterocycles. The molecule has 0 unspecified atom stereocenters. The molecule has 0 radical (unpaired) electrons. The van der Waals surface area contributed by atoms with Gasteiger partial charge in [0.1, 0.15) is 9.50 Å². The lowest BCUT2D eigenvalue weighted by molar-refractivity contribution is 0.601. The quantitative estimate of drug-likeness (QED) is 0.869. The molecule has 0 atom stereocenters. The van der Waals surface area contributed by atoms with E-state index in [1.54, 1.807) is 26.1 Å². The molecule has 18 heavy (non-hydrogen) atoms. The van der Waals surface area contributed by atoms with Crippen LogP contribution in [0.2, 0.25) is 0 Å². The molecular weight excluding hydrogens is 320 g/mol. The number of anilines is 1. The Balaban J connectivity index is 2.33. The highest BCUT2D eigenvalue weighted by molar-refractivity contribution is 9.10. The van der Waals surface area contributed by atoms with Gasteiger partial charge in [-0.25, -0.2) is 13.4 Å². The molecule has 0 fully saturated rings. The van der Waals surface area contributed by atoms with Crippen LogP contribution in [0.15, 0.2) is 34.0 Å². The third kappa shape index (κ3) is 2.70. The highest BCUT2D eigenvalue weighted by Crippen LogP contribution is 2.20. The Morgan fingerprint density at radius 2 is 2.11 bits per heavy atom. The molecule has 96 valence electrons. The van der Waals surface area contributed by atoms with Gasteiger partial charge < -0.3 is 0 Å². The number of nitrogens with one attached hydrogen (secondary N) is 1. The van der Waals surface area contributed by atoms with Crippen LogP contribution in [-0.2, 0) is 17.1 Å². The molecule has 2 aromatic rings. The van der Waals surface area contributed by atoms with Crippen molar-refractivity contribution in [3.8, 4) is 0 Å². The average Bonchev–Trinajstić information content (AvgIpc) is 2.70. The van der Waals surface area contributed by atoms with Crippen molar-refractivity contribution in [2.75, 3.05) is 4.72 Å². The zero-order valence-electron chi connectivity index (χ0n) is 9.75. The monoisotopic (exact) mass is 330 g/mol. The van der Waals surface area contributed by atoms with Gasteiger partial charge in [-0.2, -0.15) is 5.10 Å². The van der Waals surface area contributed by atoms with Crippen molar-refractivity contribution in [2.24, 2.45) is 7.05 Å². The van der Waals surface area contributed by atoms with Crippen LogP contribution < -0.4 is 4.72 Å². The van der Waals surface area contributed by atoms with Gasteiger partial charge in [-0.3, -0.25) is 9.40 Å². The molecular formula is C10H11BrN4O2S. The minimum absolute atomic E-state index is 0.118. The van der Waals surface area contributed by atoms with E-state index in [9.17, 15) is 8.42 Å². The normalized spacial score (nSPS) is 11.5. The van der Waals surface area contributed by atoms with Crippen molar-refractivity contribution < 1.29 is 8.42 Å². The third-order valence-electron chi connectivity index (χ3n) is 2.29. The summed E-state index contributed by atoms with van der Waals surface area (Å²) in [5, 5.41) is 3.84. The number of hydrogen-bond donors (Lipinski definition) is 1. The van der Waals surface area contributed by atoms with E-state index in [1.807, 2.05) is 0 Å². The van der Waals surface area contributed by atoms with Gasteiger partial charge in [-0.1, -0.05) is 0 Å². The van der Waals surface area contributed by atoms with Crippen LogP contribution in [0, 0.1) is 6.92 Å². The molecule has 2 rings (SSSR count). The standard InChI is InChI=1S/C10H11BrN4O2S/c1-7-9(3-4-10(11)13-7)14-18(16,17)8-5-12-15(2)6-8/h3-6,14H,1-2H3. The van der Waals surface area contributed by atoms with Crippen LogP contribution in [0.4, 0.5) is 5.69 Å². The zero-order valence-corrected chi connectivity index (χ0v) is 12.2. The van der Waals surface area contributed by atoms with Crippen LogP contribution in [0.5, 0.6) is 0 Å². The molecule has 0 bridgehead atoms. The second kappa shape index (κ2) is 4.69. The van der Waals surface area contributed by atoms with Crippen LogP contribution >= 0.6 is 15.9 Å². The first-order valence-electron chi connectivity index (χ1n) is 5.03. The van der Waals surface area contributed by atoms with Gasteiger partial charge in [0.2, 0.25) is 0 Å². The maximum absolute atomic E-state index is 12.0. The Morgan fingerprint density at radius 1 is 1.39 bits per heavy atom. The van der Waals surface area contributed by atoms with Gasteiger partial charge in [0.05, 0.1) is 17.6 Å². The van der Waals surface area contributed by atoms with Gasteiger partial charge in [0.25, 0.3) is 10.0 Å². The number of rotatable bonds is 3. The first-order chi connectivity index (χ1) is 8.38. The molecule has 0 aliphatic rings. The van der Waals surface area contributed by atoms with E-state index in [0.717, 1.165) is 0 Å². The first kappa shape index (κ1) is 13.0. The number of halogens is 1. The molecule has 2 heterocycles. The second-order valence-corrected chi connectivity index (χ2v) is 6.22. The third-order valence-corrected chi connectivity index (χ3v) is 4.05. The summed E-state index contributed by atoms with van der Waals surface area (Å²) < 4.78 is 28.7. The number of aryl methyl sites for hydroxylation is 2. The number of hydrogen-bond acceptors (Lipinski definition) is 4. The Hall–Kier alpha value is -1.41. The van der Waals surface area contributed by atoms with Crippen LogP contribution in [-0.4, -0.2) is 23.2 Å². The lowest BCUT2D eigenvalue weighted by Crippen LogP contribution is -2.13. The molecule has 1 N–H and O–H groups in total. The smallest absolute Gasteiger partial charge is 0.265 e. The summed E-state index contributed by atoms with van der Waals surface area (Å²) in [4.78, 5) is 4.24. The fourth-order valence-corrected chi connectivity index (χ4v) is 2.88. The molecule has 8 heteroatoms. The van der Waals surface area contributed by atoms with Gasteiger partial charge in [0.15, 0.2) is 0 Å².